The first-order valence-electron chi connectivity index (χ1n) is 11.1. The Labute approximate surface area is 199 Å². The molecule has 3 aromatic rings. The van der Waals surface area contributed by atoms with Gasteiger partial charge in [0.2, 0.25) is 5.91 Å². The molecule has 4 rings (SSSR count). The van der Waals surface area contributed by atoms with Gasteiger partial charge in [-0.3, -0.25) is 14.3 Å². The van der Waals surface area contributed by atoms with Gasteiger partial charge in [-0.05, 0) is 30.2 Å². The van der Waals surface area contributed by atoms with Crippen LogP contribution in [-0.4, -0.2) is 32.0 Å². The molecule has 0 saturated carbocycles. The molecular formula is C26H29ClN4O2. The number of nitrogens with zero attached hydrogens (tertiary/aromatic N) is 3. The molecule has 1 N–H and O–H groups in total. The Morgan fingerprint density at radius 1 is 1.12 bits per heavy atom. The van der Waals surface area contributed by atoms with Crippen molar-refractivity contribution in [2.75, 3.05) is 0 Å². The molecule has 6 nitrogen and oxygen atoms in total. The minimum Gasteiger partial charge on any atom is -0.350 e. The molecule has 2 amide bonds. The van der Waals surface area contributed by atoms with Gasteiger partial charge in [0.1, 0.15) is 11.2 Å². The molecular weight excluding hydrogens is 436 g/mol. The topological polar surface area (TPSA) is 67.2 Å². The van der Waals surface area contributed by atoms with E-state index in [1.165, 1.54) is 0 Å². The zero-order valence-electron chi connectivity index (χ0n) is 19.4. The smallest absolute Gasteiger partial charge is 0.273 e. The van der Waals surface area contributed by atoms with Crippen LogP contribution in [0.2, 0.25) is 5.02 Å². The molecule has 2 aromatic carbocycles. The molecule has 0 bridgehead atoms. The Kier molecular flexibility index (Phi) is 6.06. The van der Waals surface area contributed by atoms with Gasteiger partial charge in [-0.2, -0.15) is 5.10 Å². The predicted molar refractivity (Wildman–Crippen MR) is 129 cm³/mol. The lowest BCUT2D eigenvalue weighted by atomic mass is 9.91. The molecule has 2 heterocycles. The van der Waals surface area contributed by atoms with Crippen molar-refractivity contribution < 1.29 is 9.59 Å². The molecule has 1 aliphatic heterocycles. The van der Waals surface area contributed by atoms with E-state index in [-0.39, 0.29) is 30.3 Å². The standard InChI is InChI=1S/C26H29ClN4O2/c1-25(2,3)22-14-21-23(32)30(16-19-12-8-9-13-20(19)27)26(4,17-31(21)29-22)24(33)28-15-18-10-6-5-7-11-18/h5-14H,15-17H2,1-4H3,(H,28,33)/t26-/m1/s1. The van der Waals surface area contributed by atoms with Crippen LogP contribution in [0, 0.1) is 0 Å². The van der Waals surface area contributed by atoms with Gasteiger partial charge in [-0.1, -0.05) is 80.9 Å². The summed E-state index contributed by atoms with van der Waals surface area (Å²) in [5.74, 6) is -0.466. The Bertz CT molecular complexity index is 1180. The van der Waals surface area contributed by atoms with E-state index < -0.39 is 5.54 Å². The Hall–Kier alpha value is -3.12. The fraction of sp³-hybridized carbons (Fsp3) is 0.346. The van der Waals surface area contributed by atoms with Crippen LogP contribution in [0.5, 0.6) is 0 Å². The zero-order valence-corrected chi connectivity index (χ0v) is 20.2. The number of benzene rings is 2. The summed E-state index contributed by atoms with van der Waals surface area (Å²) in [4.78, 5) is 28.9. The Balaban J connectivity index is 1.71. The fourth-order valence-corrected chi connectivity index (χ4v) is 4.22. The summed E-state index contributed by atoms with van der Waals surface area (Å²) < 4.78 is 1.67. The summed E-state index contributed by atoms with van der Waals surface area (Å²) in [6, 6.07) is 18.9. The lowest BCUT2D eigenvalue weighted by molar-refractivity contribution is -0.133. The summed E-state index contributed by atoms with van der Waals surface area (Å²) in [5.41, 5.74) is 1.73. The first-order chi connectivity index (χ1) is 15.6. The minimum absolute atomic E-state index is 0.218. The Morgan fingerprint density at radius 2 is 1.79 bits per heavy atom. The lowest BCUT2D eigenvalue weighted by Crippen LogP contribution is -2.63. The largest absolute Gasteiger partial charge is 0.350 e. The summed E-state index contributed by atoms with van der Waals surface area (Å²) in [5, 5.41) is 8.27. The maximum atomic E-state index is 13.7. The third-order valence-electron chi connectivity index (χ3n) is 6.14. The molecule has 0 fully saturated rings. The highest BCUT2D eigenvalue weighted by Crippen LogP contribution is 2.32. The van der Waals surface area contributed by atoms with Gasteiger partial charge in [0.25, 0.3) is 5.91 Å². The van der Waals surface area contributed by atoms with E-state index in [0.29, 0.717) is 17.3 Å². The number of carbonyl (C=O) groups is 2. The van der Waals surface area contributed by atoms with Gasteiger partial charge in [-0.25, -0.2) is 0 Å². The SMILES string of the molecule is CC(C)(C)c1cc2n(n1)C[C@](C)(C(=O)NCc1ccccc1)N(Cc1ccccc1Cl)C2=O. The van der Waals surface area contributed by atoms with Crippen molar-refractivity contribution >= 4 is 23.4 Å². The van der Waals surface area contributed by atoms with E-state index in [1.54, 1.807) is 22.6 Å². The van der Waals surface area contributed by atoms with E-state index in [0.717, 1.165) is 16.8 Å². The number of halogens is 1. The van der Waals surface area contributed by atoms with E-state index in [2.05, 4.69) is 26.1 Å². The third kappa shape index (κ3) is 4.53. The number of rotatable bonds is 5. The van der Waals surface area contributed by atoms with Crippen LogP contribution in [0.15, 0.2) is 60.7 Å². The van der Waals surface area contributed by atoms with Crippen molar-refractivity contribution in [3.63, 3.8) is 0 Å². The summed E-state index contributed by atoms with van der Waals surface area (Å²) in [6.45, 7) is 8.82. The molecule has 1 aromatic heterocycles. The maximum Gasteiger partial charge on any atom is 0.273 e. The zero-order chi connectivity index (χ0) is 23.8. The summed E-state index contributed by atoms with van der Waals surface area (Å²) in [7, 11) is 0. The van der Waals surface area contributed by atoms with E-state index in [4.69, 9.17) is 16.7 Å². The Morgan fingerprint density at radius 3 is 2.45 bits per heavy atom. The molecule has 33 heavy (non-hydrogen) atoms. The van der Waals surface area contributed by atoms with Gasteiger partial charge < -0.3 is 10.2 Å². The van der Waals surface area contributed by atoms with Crippen molar-refractivity contribution in [1.82, 2.24) is 20.0 Å². The normalized spacial score (nSPS) is 18.2. The second-order valence-corrected chi connectivity index (χ2v) is 10.2. The second-order valence-electron chi connectivity index (χ2n) is 9.75. The van der Waals surface area contributed by atoms with Gasteiger partial charge in [0, 0.05) is 23.5 Å². The first-order valence-corrected chi connectivity index (χ1v) is 11.4. The van der Waals surface area contributed by atoms with Crippen LogP contribution in [0.1, 0.15) is 55.0 Å². The fourth-order valence-electron chi connectivity index (χ4n) is 4.02. The van der Waals surface area contributed by atoms with Crippen molar-refractivity contribution in [2.24, 2.45) is 0 Å². The monoisotopic (exact) mass is 464 g/mol. The first kappa shape index (κ1) is 23.1. The number of fused-ring (bicyclic) bond motifs is 1. The third-order valence-corrected chi connectivity index (χ3v) is 6.51. The molecule has 0 spiro atoms. The van der Waals surface area contributed by atoms with Crippen LogP contribution in [-0.2, 0) is 29.8 Å². The molecule has 0 aliphatic carbocycles. The number of amides is 2. The quantitative estimate of drug-likeness (QED) is 0.601. The summed E-state index contributed by atoms with van der Waals surface area (Å²) >= 11 is 6.41. The molecule has 172 valence electrons. The van der Waals surface area contributed by atoms with Crippen molar-refractivity contribution in [1.29, 1.82) is 0 Å². The van der Waals surface area contributed by atoms with Gasteiger partial charge in [0.05, 0.1) is 12.2 Å². The van der Waals surface area contributed by atoms with E-state index in [9.17, 15) is 9.59 Å². The molecule has 1 atom stereocenters. The molecule has 0 unspecified atom stereocenters. The molecule has 0 saturated heterocycles. The van der Waals surface area contributed by atoms with Crippen LogP contribution in [0.3, 0.4) is 0 Å². The van der Waals surface area contributed by atoms with Crippen molar-refractivity contribution in [2.45, 2.75) is 58.3 Å². The lowest BCUT2D eigenvalue weighted by Gasteiger charge is -2.43. The van der Waals surface area contributed by atoms with Gasteiger partial charge in [0.15, 0.2) is 0 Å². The number of carbonyl (C=O) groups excluding carboxylic acids is 2. The van der Waals surface area contributed by atoms with Crippen LogP contribution in [0.25, 0.3) is 0 Å². The highest BCUT2D eigenvalue weighted by molar-refractivity contribution is 6.31. The van der Waals surface area contributed by atoms with Crippen LogP contribution < -0.4 is 5.32 Å². The van der Waals surface area contributed by atoms with E-state index in [1.807, 2.05) is 54.6 Å². The second kappa shape index (κ2) is 8.67. The number of aromatic nitrogens is 2. The van der Waals surface area contributed by atoms with Crippen LogP contribution >= 0.6 is 11.6 Å². The number of hydrogen-bond acceptors (Lipinski definition) is 3. The molecule has 0 radical (unpaired) electrons. The molecule has 7 heteroatoms. The average molecular weight is 465 g/mol. The highest BCUT2D eigenvalue weighted by atomic mass is 35.5. The maximum absolute atomic E-state index is 13.7. The van der Waals surface area contributed by atoms with Crippen LogP contribution in [0.4, 0.5) is 0 Å². The van der Waals surface area contributed by atoms with E-state index >= 15 is 0 Å². The minimum atomic E-state index is -1.14. The summed E-state index contributed by atoms with van der Waals surface area (Å²) in [6.07, 6.45) is 0. The molecule has 1 aliphatic rings. The van der Waals surface area contributed by atoms with Crippen molar-refractivity contribution in [3.05, 3.63) is 88.2 Å². The van der Waals surface area contributed by atoms with Crippen molar-refractivity contribution in [3.8, 4) is 0 Å². The highest BCUT2D eigenvalue weighted by Gasteiger charge is 2.48. The van der Waals surface area contributed by atoms with Gasteiger partial charge >= 0.3 is 0 Å². The predicted octanol–water partition coefficient (Wildman–Crippen LogP) is 4.57. The van der Waals surface area contributed by atoms with Gasteiger partial charge in [-0.15, -0.1) is 0 Å². The average Bonchev–Trinajstić information content (AvgIpc) is 3.21. The number of nitrogens with one attached hydrogen (secondary N) is 1. The number of hydrogen-bond donors (Lipinski definition) is 1.